The van der Waals surface area contributed by atoms with Gasteiger partial charge in [0.15, 0.2) is 5.75 Å². The maximum Gasteiger partial charge on any atom is 0.156 e. The molecule has 1 aliphatic heterocycles. The first-order valence-electron chi connectivity index (χ1n) is 13.5. The topological polar surface area (TPSA) is 25.4 Å². The third-order valence-corrected chi connectivity index (χ3v) is 7.31. The van der Waals surface area contributed by atoms with Gasteiger partial charge in [-0.1, -0.05) is 97.8 Å². The first-order valence-corrected chi connectivity index (χ1v) is 13.5. The lowest BCUT2D eigenvalue weighted by Crippen LogP contribution is -2.14. The molecule has 0 N–H and O–H groups in total. The number of aromatic nitrogens is 1. The van der Waals surface area contributed by atoms with Crippen LogP contribution in [0, 0.1) is 42.4 Å². The van der Waals surface area contributed by atoms with Crippen molar-refractivity contribution >= 4 is 5.82 Å². The van der Waals surface area contributed by atoms with Crippen LogP contribution in [0.25, 0.3) is 0 Å². The molecular formula is C30H50N2O. The van der Waals surface area contributed by atoms with Crippen LogP contribution < -0.4 is 9.64 Å². The Hall–Kier alpha value is -1.69. The Kier molecular flexibility index (Phi) is 11.6. The fourth-order valence-electron chi connectivity index (χ4n) is 5.04. The molecule has 2 heterocycles. The van der Waals surface area contributed by atoms with Crippen molar-refractivity contribution in [3.8, 4) is 17.6 Å². The molecule has 2 rings (SSSR count). The minimum Gasteiger partial charge on any atom is -0.494 e. The van der Waals surface area contributed by atoms with E-state index in [1.165, 1.54) is 63.4 Å². The van der Waals surface area contributed by atoms with E-state index in [0.717, 1.165) is 53.5 Å². The van der Waals surface area contributed by atoms with E-state index < -0.39 is 0 Å². The van der Waals surface area contributed by atoms with E-state index in [1.807, 2.05) is 6.92 Å². The van der Waals surface area contributed by atoms with E-state index in [1.54, 1.807) is 7.11 Å². The van der Waals surface area contributed by atoms with Crippen molar-refractivity contribution in [2.24, 2.45) is 23.7 Å². The number of pyridine rings is 1. The average Bonchev–Trinajstić information content (AvgIpc) is 3.11. The van der Waals surface area contributed by atoms with Crippen molar-refractivity contribution in [1.82, 2.24) is 4.98 Å². The van der Waals surface area contributed by atoms with Gasteiger partial charge in [0, 0.05) is 25.1 Å². The number of hydrogen-bond acceptors (Lipinski definition) is 3. The zero-order valence-electron chi connectivity index (χ0n) is 22.9. The zero-order chi connectivity index (χ0) is 24.4. The monoisotopic (exact) mass is 454 g/mol. The summed E-state index contributed by atoms with van der Waals surface area (Å²) < 4.78 is 5.68. The van der Waals surface area contributed by atoms with Crippen LogP contribution in [0.3, 0.4) is 0 Å². The van der Waals surface area contributed by atoms with Gasteiger partial charge < -0.3 is 9.64 Å². The Morgan fingerprint density at radius 1 is 0.909 bits per heavy atom. The Morgan fingerprint density at radius 2 is 1.48 bits per heavy atom. The van der Waals surface area contributed by atoms with Gasteiger partial charge in [0.25, 0.3) is 0 Å². The van der Waals surface area contributed by atoms with Crippen molar-refractivity contribution in [2.45, 2.75) is 106 Å². The van der Waals surface area contributed by atoms with E-state index in [9.17, 15) is 0 Å². The van der Waals surface area contributed by atoms with Gasteiger partial charge in [-0.25, -0.2) is 4.98 Å². The summed E-state index contributed by atoms with van der Waals surface area (Å²) in [6, 6.07) is 0. The Labute approximate surface area is 205 Å². The largest absolute Gasteiger partial charge is 0.494 e. The van der Waals surface area contributed by atoms with Gasteiger partial charge in [0.05, 0.1) is 18.4 Å². The molecule has 0 spiro atoms. The quantitative estimate of drug-likeness (QED) is 0.284. The summed E-state index contributed by atoms with van der Waals surface area (Å²) in [4.78, 5) is 6.98. The second kappa shape index (κ2) is 13.9. The van der Waals surface area contributed by atoms with E-state index in [4.69, 9.17) is 9.72 Å². The van der Waals surface area contributed by atoms with E-state index in [0.29, 0.717) is 5.92 Å². The van der Waals surface area contributed by atoms with Gasteiger partial charge in [0.1, 0.15) is 5.82 Å². The molecule has 186 valence electrons. The van der Waals surface area contributed by atoms with E-state index in [2.05, 4.69) is 58.4 Å². The molecule has 0 amide bonds. The highest BCUT2D eigenvalue weighted by molar-refractivity contribution is 5.65. The molecule has 0 aliphatic carbocycles. The molecule has 0 saturated heterocycles. The number of aryl methyl sites for hydroxylation is 1. The highest BCUT2D eigenvalue weighted by Crippen LogP contribution is 2.35. The van der Waals surface area contributed by atoms with Crippen LogP contribution in [0.2, 0.25) is 0 Å². The first-order chi connectivity index (χ1) is 15.7. The van der Waals surface area contributed by atoms with Gasteiger partial charge >= 0.3 is 0 Å². The number of rotatable bonds is 13. The molecule has 3 heteroatoms. The molecule has 1 aromatic heterocycles. The number of nitrogens with zero attached hydrogens (tertiary/aromatic N) is 2. The predicted molar refractivity (Wildman–Crippen MR) is 143 cm³/mol. The molecular weight excluding hydrogens is 404 g/mol. The molecule has 3 unspecified atom stereocenters. The SMILES string of the molecule is COc1c(C)nc2c(c1C#CC(C)CCCC(C)CCCC(C)CCCC(C)C)CCN2C. The highest BCUT2D eigenvalue weighted by Gasteiger charge is 2.24. The van der Waals surface area contributed by atoms with Gasteiger partial charge in [-0.05, 0) is 37.5 Å². The smallest absolute Gasteiger partial charge is 0.156 e. The lowest BCUT2D eigenvalue weighted by molar-refractivity contribution is 0.384. The molecule has 3 atom stereocenters. The number of hydrogen-bond donors (Lipinski definition) is 0. The normalized spacial score (nSPS) is 15.7. The summed E-state index contributed by atoms with van der Waals surface area (Å²) in [6.07, 6.45) is 13.1. The maximum atomic E-state index is 5.68. The molecule has 3 nitrogen and oxygen atoms in total. The van der Waals surface area contributed by atoms with Crippen LogP contribution in [-0.4, -0.2) is 25.7 Å². The van der Waals surface area contributed by atoms with Crippen LogP contribution in [0.15, 0.2) is 0 Å². The first kappa shape index (κ1) is 27.6. The molecule has 0 aromatic carbocycles. The van der Waals surface area contributed by atoms with Crippen molar-refractivity contribution in [1.29, 1.82) is 0 Å². The summed E-state index contributed by atoms with van der Waals surface area (Å²) in [7, 11) is 3.84. The Morgan fingerprint density at radius 3 is 2.06 bits per heavy atom. The number of ether oxygens (including phenoxy) is 1. The van der Waals surface area contributed by atoms with Crippen LogP contribution in [0.1, 0.15) is 109 Å². The minimum absolute atomic E-state index is 0.408. The summed E-state index contributed by atoms with van der Waals surface area (Å²) in [5.41, 5.74) is 3.25. The summed E-state index contributed by atoms with van der Waals surface area (Å²) in [5.74, 6) is 11.9. The van der Waals surface area contributed by atoms with Gasteiger partial charge in [-0.2, -0.15) is 0 Å². The van der Waals surface area contributed by atoms with Crippen molar-refractivity contribution < 1.29 is 4.74 Å². The summed E-state index contributed by atoms with van der Waals surface area (Å²) in [6.45, 7) is 14.8. The third kappa shape index (κ3) is 8.88. The second-order valence-corrected chi connectivity index (χ2v) is 11.1. The maximum absolute atomic E-state index is 5.68. The highest BCUT2D eigenvalue weighted by atomic mass is 16.5. The minimum atomic E-state index is 0.408. The van der Waals surface area contributed by atoms with Crippen LogP contribution >= 0.6 is 0 Å². The van der Waals surface area contributed by atoms with Crippen LogP contribution in [-0.2, 0) is 6.42 Å². The van der Waals surface area contributed by atoms with Crippen molar-refractivity contribution in [2.75, 3.05) is 25.6 Å². The lowest BCUT2D eigenvalue weighted by atomic mass is 9.91. The van der Waals surface area contributed by atoms with Crippen molar-refractivity contribution in [3.63, 3.8) is 0 Å². The van der Waals surface area contributed by atoms with Gasteiger partial charge in [0.2, 0.25) is 0 Å². The molecule has 1 aromatic rings. The summed E-state index contributed by atoms with van der Waals surface area (Å²) >= 11 is 0. The van der Waals surface area contributed by atoms with Crippen LogP contribution in [0.5, 0.6) is 5.75 Å². The number of methoxy groups -OCH3 is 1. The fourth-order valence-corrected chi connectivity index (χ4v) is 5.04. The predicted octanol–water partition coefficient (Wildman–Crippen LogP) is 7.82. The molecule has 0 saturated carbocycles. The molecule has 0 bridgehead atoms. The molecule has 1 aliphatic rings. The summed E-state index contributed by atoms with van der Waals surface area (Å²) in [5, 5.41) is 0. The fraction of sp³-hybridized carbons (Fsp3) is 0.767. The third-order valence-electron chi connectivity index (χ3n) is 7.31. The van der Waals surface area contributed by atoms with Crippen molar-refractivity contribution in [3.05, 3.63) is 16.8 Å². The molecule has 0 radical (unpaired) electrons. The van der Waals surface area contributed by atoms with E-state index in [-0.39, 0.29) is 0 Å². The van der Waals surface area contributed by atoms with Gasteiger partial charge in [-0.15, -0.1) is 0 Å². The van der Waals surface area contributed by atoms with Crippen LogP contribution in [0.4, 0.5) is 5.82 Å². The lowest BCUT2D eigenvalue weighted by Gasteiger charge is -2.15. The molecule has 0 fully saturated rings. The van der Waals surface area contributed by atoms with E-state index >= 15 is 0 Å². The number of likely N-dealkylation sites (N-methyl/N-ethyl adjacent to an activating group) is 1. The second-order valence-electron chi connectivity index (χ2n) is 11.1. The Balaban J connectivity index is 1.76. The number of anilines is 1. The standard InChI is InChI=1S/C30H50N2O/c1-22(2)12-9-13-23(3)14-10-15-24(4)16-11-17-25(5)18-19-27-28-20-21-32(7)30(28)31-26(6)29(27)33-8/h22-25H,9-17,20-21H2,1-8H3. The molecule has 33 heavy (non-hydrogen) atoms. The van der Waals surface area contributed by atoms with Gasteiger partial charge in [-0.3, -0.25) is 0 Å². The Bertz CT molecular complexity index is 789. The zero-order valence-corrected chi connectivity index (χ0v) is 22.9. The average molecular weight is 455 g/mol. The number of fused-ring (bicyclic) bond motifs is 1.